The largest absolute Gasteiger partial charge is 0.0883 e. The normalized spacial score (nSPS) is 14.6. The van der Waals surface area contributed by atoms with E-state index in [-0.39, 0.29) is 0 Å². The Balaban J connectivity index is 3.40. The smallest absolute Gasteiger partial charge is 0.0239 e. The predicted octanol–water partition coefficient (Wildman–Crippen LogP) is 4.02. The zero-order valence-electron chi connectivity index (χ0n) is 8.43. The van der Waals surface area contributed by atoms with Gasteiger partial charge < -0.3 is 0 Å². The standard InChI is InChI=1S/C11H22/c1-5-6-7-8-9-11(4)10(2)3/h8-11H,5-7H2,1-4H3. The third kappa shape index (κ3) is 6.15. The molecular formula is C11H22. The van der Waals surface area contributed by atoms with Gasteiger partial charge in [0.25, 0.3) is 0 Å². The van der Waals surface area contributed by atoms with Gasteiger partial charge in [0.1, 0.15) is 0 Å². The summed E-state index contributed by atoms with van der Waals surface area (Å²) >= 11 is 0. The van der Waals surface area contributed by atoms with Gasteiger partial charge in [-0.2, -0.15) is 0 Å². The highest BCUT2D eigenvalue weighted by molar-refractivity contribution is 4.87. The van der Waals surface area contributed by atoms with Crippen LogP contribution in [0.5, 0.6) is 0 Å². The lowest BCUT2D eigenvalue weighted by Gasteiger charge is -2.09. The Morgan fingerprint density at radius 2 is 1.82 bits per heavy atom. The minimum Gasteiger partial charge on any atom is -0.0883 e. The Morgan fingerprint density at radius 3 is 2.27 bits per heavy atom. The minimum absolute atomic E-state index is 0.742. The van der Waals surface area contributed by atoms with E-state index in [2.05, 4.69) is 39.8 Å². The van der Waals surface area contributed by atoms with Crippen molar-refractivity contribution >= 4 is 0 Å². The first-order chi connectivity index (χ1) is 5.18. The third-order valence-electron chi connectivity index (χ3n) is 2.22. The number of hydrogen-bond acceptors (Lipinski definition) is 0. The lowest BCUT2D eigenvalue weighted by Crippen LogP contribution is -1.98. The van der Waals surface area contributed by atoms with Crippen LogP contribution in [0.15, 0.2) is 12.2 Å². The summed E-state index contributed by atoms with van der Waals surface area (Å²) in [6, 6.07) is 0. The molecule has 1 atom stereocenters. The first-order valence-electron chi connectivity index (χ1n) is 4.85. The van der Waals surface area contributed by atoms with Crippen molar-refractivity contribution in [1.82, 2.24) is 0 Å². The first-order valence-corrected chi connectivity index (χ1v) is 4.85. The quantitative estimate of drug-likeness (QED) is 0.414. The van der Waals surface area contributed by atoms with E-state index < -0.39 is 0 Å². The SMILES string of the molecule is CCCCC=CC(C)C(C)C. The predicted molar refractivity (Wildman–Crippen MR) is 52.7 cm³/mol. The Morgan fingerprint density at radius 1 is 1.18 bits per heavy atom. The minimum atomic E-state index is 0.742. The Kier molecular flexibility index (Phi) is 6.30. The number of rotatable bonds is 5. The van der Waals surface area contributed by atoms with Crippen molar-refractivity contribution in [2.24, 2.45) is 11.8 Å². The van der Waals surface area contributed by atoms with E-state index in [1.165, 1.54) is 19.3 Å². The van der Waals surface area contributed by atoms with Crippen LogP contribution in [-0.4, -0.2) is 0 Å². The molecule has 0 spiro atoms. The summed E-state index contributed by atoms with van der Waals surface area (Å²) < 4.78 is 0. The lowest BCUT2D eigenvalue weighted by atomic mass is 9.97. The van der Waals surface area contributed by atoms with Crippen LogP contribution in [0.4, 0.5) is 0 Å². The van der Waals surface area contributed by atoms with E-state index >= 15 is 0 Å². The van der Waals surface area contributed by atoms with E-state index in [0.29, 0.717) is 0 Å². The molecular weight excluding hydrogens is 132 g/mol. The van der Waals surface area contributed by atoms with Crippen LogP contribution in [0, 0.1) is 11.8 Å². The van der Waals surface area contributed by atoms with Crippen LogP contribution in [-0.2, 0) is 0 Å². The molecule has 0 bridgehead atoms. The topological polar surface area (TPSA) is 0 Å². The molecule has 0 heteroatoms. The zero-order chi connectivity index (χ0) is 8.69. The lowest BCUT2D eigenvalue weighted by molar-refractivity contribution is 0.503. The van der Waals surface area contributed by atoms with Crippen molar-refractivity contribution in [3.8, 4) is 0 Å². The summed E-state index contributed by atoms with van der Waals surface area (Å²) in [5, 5.41) is 0. The molecule has 0 aromatic heterocycles. The van der Waals surface area contributed by atoms with E-state index in [1.54, 1.807) is 0 Å². The molecule has 0 saturated carbocycles. The van der Waals surface area contributed by atoms with Gasteiger partial charge in [-0.15, -0.1) is 0 Å². The van der Waals surface area contributed by atoms with Gasteiger partial charge in [0, 0.05) is 0 Å². The summed E-state index contributed by atoms with van der Waals surface area (Å²) in [5.74, 6) is 1.53. The number of unbranched alkanes of at least 4 members (excludes halogenated alkanes) is 2. The van der Waals surface area contributed by atoms with E-state index in [1.807, 2.05) is 0 Å². The van der Waals surface area contributed by atoms with Crippen molar-refractivity contribution in [2.45, 2.75) is 47.0 Å². The summed E-state index contributed by atoms with van der Waals surface area (Å²) in [4.78, 5) is 0. The van der Waals surface area contributed by atoms with Crippen LogP contribution in [0.25, 0.3) is 0 Å². The molecule has 0 aliphatic heterocycles. The number of allylic oxidation sites excluding steroid dienone is 2. The second-order valence-electron chi connectivity index (χ2n) is 3.67. The average Bonchev–Trinajstić information content (AvgIpc) is 1.97. The molecule has 11 heavy (non-hydrogen) atoms. The first kappa shape index (κ1) is 10.7. The maximum atomic E-state index is 2.35. The molecule has 0 aliphatic carbocycles. The van der Waals surface area contributed by atoms with Crippen molar-refractivity contribution < 1.29 is 0 Å². The Labute approximate surface area is 71.7 Å². The second-order valence-corrected chi connectivity index (χ2v) is 3.67. The van der Waals surface area contributed by atoms with Crippen LogP contribution >= 0.6 is 0 Å². The molecule has 0 nitrogen and oxygen atoms in total. The molecule has 0 heterocycles. The zero-order valence-corrected chi connectivity index (χ0v) is 8.43. The maximum Gasteiger partial charge on any atom is -0.0239 e. The number of hydrogen-bond donors (Lipinski definition) is 0. The summed E-state index contributed by atoms with van der Waals surface area (Å²) in [7, 11) is 0. The van der Waals surface area contributed by atoms with Gasteiger partial charge in [0.2, 0.25) is 0 Å². The van der Waals surface area contributed by atoms with Gasteiger partial charge in [0.05, 0.1) is 0 Å². The van der Waals surface area contributed by atoms with Gasteiger partial charge in [-0.05, 0) is 18.3 Å². The van der Waals surface area contributed by atoms with E-state index in [9.17, 15) is 0 Å². The molecule has 0 aromatic rings. The maximum absolute atomic E-state index is 2.35. The molecule has 0 radical (unpaired) electrons. The molecule has 0 N–H and O–H groups in total. The fraction of sp³-hybridized carbons (Fsp3) is 0.818. The van der Waals surface area contributed by atoms with Crippen LogP contribution in [0.2, 0.25) is 0 Å². The van der Waals surface area contributed by atoms with Crippen molar-refractivity contribution in [1.29, 1.82) is 0 Å². The fourth-order valence-electron chi connectivity index (χ4n) is 0.855. The Bertz CT molecular complexity index is 101. The van der Waals surface area contributed by atoms with Crippen LogP contribution in [0.3, 0.4) is 0 Å². The van der Waals surface area contributed by atoms with Crippen molar-refractivity contribution in [2.75, 3.05) is 0 Å². The fourth-order valence-corrected chi connectivity index (χ4v) is 0.855. The monoisotopic (exact) mass is 154 g/mol. The van der Waals surface area contributed by atoms with Gasteiger partial charge in [-0.3, -0.25) is 0 Å². The molecule has 0 aromatic carbocycles. The third-order valence-corrected chi connectivity index (χ3v) is 2.22. The molecule has 66 valence electrons. The second kappa shape index (κ2) is 6.45. The van der Waals surface area contributed by atoms with E-state index in [0.717, 1.165) is 11.8 Å². The molecule has 0 fully saturated rings. The average molecular weight is 154 g/mol. The highest BCUT2D eigenvalue weighted by Crippen LogP contribution is 2.11. The highest BCUT2D eigenvalue weighted by Gasteiger charge is 2.00. The molecule has 1 unspecified atom stereocenters. The summed E-state index contributed by atoms with van der Waals surface area (Å²) in [5.41, 5.74) is 0. The van der Waals surface area contributed by atoms with Crippen molar-refractivity contribution in [3.63, 3.8) is 0 Å². The van der Waals surface area contributed by atoms with Gasteiger partial charge in [-0.1, -0.05) is 52.7 Å². The summed E-state index contributed by atoms with van der Waals surface area (Å²) in [6.45, 7) is 9.07. The van der Waals surface area contributed by atoms with Crippen LogP contribution < -0.4 is 0 Å². The molecule has 0 amide bonds. The molecule has 0 aliphatic rings. The van der Waals surface area contributed by atoms with Gasteiger partial charge in [0.15, 0.2) is 0 Å². The van der Waals surface area contributed by atoms with E-state index in [4.69, 9.17) is 0 Å². The summed E-state index contributed by atoms with van der Waals surface area (Å²) in [6.07, 6.45) is 8.57. The molecule has 0 saturated heterocycles. The van der Waals surface area contributed by atoms with Crippen LogP contribution in [0.1, 0.15) is 47.0 Å². The van der Waals surface area contributed by atoms with Crippen molar-refractivity contribution in [3.05, 3.63) is 12.2 Å². The van der Waals surface area contributed by atoms with Gasteiger partial charge >= 0.3 is 0 Å². The highest BCUT2D eigenvalue weighted by atomic mass is 14.1. The Hall–Kier alpha value is -0.260. The van der Waals surface area contributed by atoms with Gasteiger partial charge in [-0.25, -0.2) is 0 Å². The molecule has 0 rings (SSSR count).